The van der Waals surface area contributed by atoms with Crippen molar-refractivity contribution in [1.82, 2.24) is 10.3 Å². The van der Waals surface area contributed by atoms with Crippen LogP contribution in [0.2, 0.25) is 0 Å². The predicted octanol–water partition coefficient (Wildman–Crippen LogP) is 1.01. The number of carbonyl (C=O) groups is 1. The van der Waals surface area contributed by atoms with E-state index in [2.05, 4.69) is 17.2 Å². The van der Waals surface area contributed by atoms with Gasteiger partial charge in [0.1, 0.15) is 5.75 Å². The number of rotatable bonds is 8. The number of benzene rings is 1. The van der Waals surface area contributed by atoms with E-state index in [1.54, 1.807) is 12.1 Å². The number of aromatic amines is 1. The number of pyridine rings is 1. The molecule has 0 saturated carbocycles. The number of esters is 1. The summed E-state index contributed by atoms with van der Waals surface area (Å²) in [5, 5.41) is 23.9. The second kappa shape index (κ2) is 8.47. The summed E-state index contributed by atoms with van der Waals surface area (Å²) in [5.41, 5.74) is 0.622. The number of aliphatic hydroxyl groups is 1. The van der Waals surface area contributed by atoms with Crippen LogP contribution in [0.1, 0.15) is 24.5 Å². The molecule has 0 saturated heterocycles. The number of phenols is 1. The lowest BCUT2D eigenvalue weighted by molar-refractivity contribution is -0.138. The molecule has 0 amide bonds. The number of ether oxygens (including phenoxy) is 1. The summed E-state index contributed by atoms with van der Waals surface area (Å²) in [4.78, 5) is 24.5. The van der Waals surface area contributed by atoms with E-state index >= 15 is 0 Å². The molecule has 1 heterocycles. The molecule has 4 N–H and O–H groups in total. The Morgan fingerprint density at radius 3 is 2.83 bits per heavy atom. The Bertz CT molecular complexity index is 756. The second-order valence-corrected chi connectivity index (χ2v) is 5.43. The van der Waals surface area contributed by atoms with Gasteiger partial charge in [0.25, 0.3) is 0 Å². The van der Waals surface area contributed by atoms with Crippen molar-refractivity contribution in [2.24, 2.45) is 0 Å². The topological polar surface area (TPSA) is 112 Å². The molecule has 1 radical (unpaired) electrons. The van der Waals surface area contributed by atoms with Gasteiger partial charge in [-0.15, -0.1) is 0 Å². The summed E-state index contributed by atoms with van der Waals surface area (Å²) in [6.07, 6.45) is 0.730. The molecule has 0 spiro atoms. The van der Waals surface area contributed by atoms with Gasteiger partial charge in [-0.25, -0.2) is 0 Å². The molecule has 24 heavy (non-hydrogen) atoms. The van der Waals surface area contributed by atoms with Crippen molar-refractivity contribution in [3.8, 4) is 5.75 Å². The molecule has 7 heteroatoms. The number of hydrogen-bond acceptors (Lipinski definition) is 6. The van der Waals surface area contributed by atoms with E-state index in [0.29, 0.717) is 42.6 Å². The summed E-state index contributed by atoms with van der Waals surface area (Å²) in [7, 11) is 0. The maximum Gasteiger partial charge on any atom is 0.306 e. The first-order chi connectivity index (χ1) is 11.5. The summed E-state index contributed by atoms with van der Waals surface area (Å²) in [6.45, 7) is 4.44. The molecule has 0 unspecified atom stereocenters. The van der Waals surface area contributed by atoms with Crippen molar-refractivity contribution in [3.63, 3.8) is 0 Å². The van der Waals surface area contributed by atoms with E-state index in [1.165, 1.54) is 12.1 Å². The number of carbonyl (C=O) groups excluding carboxylic acids is 1. The Labute approximate surface area is 139 Å². The molecule has 1 aromatic heterocycles. The maximum atomic E-state index is 11.4. The monoisotopic (exact) mass is 333 g/mol. The van der Waals surface area contributed by atoms with Crippen molar-refractivity contribution in [2.75, 3.05) is 19.7 Å². The average Bonchev–Trinajstić information content (AvgIpc) is 2.54. The Hall–Kier alpha value is -2.38. The molecular formula is C17H21N2O5. The first kappa shape index (κ1) is 18.0. The van der Waals surface area contributed by atoms with Crippen LogP contribution in [-0.2, 0) is 9.53 Å². The smallest absolute Gasteiger partial charge is 0.306 e. The Morgan fingerprint density at radius 2 is 2.08 bits per heavy atom. The lowest BCUT2D eigenvalue weighted by Crippen LogP contribution is -2.23. The van der Waals surface area contributed by atoms with Crippen molar-refractivity contribution in [2.45, 2.75) is 18.9 Å². The zero-order valence-electron chi connectivity index (χ0n) is 13.2. The van der Waals surface area contributed by atoms with Crippen LogP contribution in [-0.4, -0.2) is 40.9 Å². The third-order valence-corrected chi connectivity index (χ3v) is 3.61. The Kier molecular flexibility index (Phi) is 6.34. The number of hydrogen-bond donors (Lipinski definition) is 4. The fourth-order valence-electron chi connectivity index (χ4n) is 2.44. The number of aromatic nitrogens is 1. The molecule has 2 rings (SSSR count). The average molecular weight is 333 g/mol. The van der Waals surface area contributed by atoms with Crippen LogP contribution in [0.5, 0.6) is 5.75 Å². The number of phenolic OH excluding ortho intramolecular Hbond substituents is 1. The third-order valence-electron chi connectivity index (χ3n) is 3.61. The lowest BCUT2D eigenvalue weighted by Gasteiger charge is -2.15. The van der Waals surface area contributed by atoms with Gasteiger partial charge in [0, 0.05) is 18.0 Å². The highest BCUT2D eigenvalue weighted by molar-refractivity contribution is 5.87. The van der Waals surface area contributed by atoms with Crippen molar-refractivity contribution in [1.29, 1.82) is 0 Å². The molecule has 0 aliphatic rings. The molecule has 129 valence electrons. The van der Waals surface area contributed by atoms with Gasteiger partial charge in [0.15, 0.2) is 0 Å². The van der Waals surface area contributed by atoms with Gasteiger partial charge in [0.2, 0.25) is 5.56 Å². The Morgan fingerprint density at radius 1 is 1.29 bits per heavy atom. The van der Waals surface area contributed by atoms with Gasteiger partial charge in [-0.3, -0.25) is 9.59 Å². The van der Waals surface area contributed by atoms with Crippen molar-refractivity contribution < 1.29 is 19.7 Å². The highest BCUT2D eigenvalue weighted by Crippen LogP contribution is 2.28. The zero-order chi connectivity index (χ0) is 17.5. The van der Waals surface area contributed by atoms with Gasteiger partial charge in [-0.05, 0) is 37.1 Å². The fraction of sp³-hybridized carbons (Fsp3) is 0.353. The molecule has 7 nitrogen and oxygen atoms in total. The van der Waals surface area contributed by atoms with Crippen LogP contribution in [0.3, 0.4) is 0 Å². The molecule has 1 aromatic carbocycles. The first-order valence-electron chi connectivity index (χ1n) is 7.71. The standard InChI is InChI=1S/C17H21N2O5/c1-11(20)24-9-3-2-8-18-10-15(22)12-4-6-14(21)17-13(12)5-7-16(23)19-17/h4-7,15,18,21-22H,1-3,8-10H2,(H,19,23)/t15-/m0/s1. The van der Waals surface area contributed by atoms with Crippen molar-refractivity contribution >= 4 is 16.9 Å². The second-order valence-electron chi connectivity index (χ2n) is 5.43. The SMILES string of the molecule is [CH2]C(=O)OCCCCNC[C@H](O)c1ccc(O)c2[nH]c(=O)ccc12. The Balaban J connectivity index is 1.90. The normalized spacial score (nSPS) is 12.2. The van der Waals surface area contributed by atoms with Crippen LogP contribution in [0.4, 0.5) is 0 Å². The van der Waals surface area contributed by atoms with Crippen LogP contribution in [0.25, 0.3) is 10.9 Å². The zero-order valence-corrected chi connectivity index (χ0v) is 13.2. The number of unbranched alkanes of at least 4 members (excludes halogenated alkanes) is 1. The minimum atomic E-state index is -0.781. The first-order valence-corrected chi connectivity index (χ1v) is 7.71. The molecule has 2 aromatic rings. The van der Waals surface area contributed by atoms with Gasteiger partial charge < -0.3 is 25.3 Å². The number of aromatic hydroxyl groups is 1. The minimum Gasteiger partial charge on any atom is -0.506 e. The summed E-state index contributed by atoms with van der Waals surface area (Å²) >= 11 is 0. The molecule has 0 bridgehead atoms. The summed E-state index contributed by atoms with van der Waals surface area (Å²) in [6, 6.07) is 6.02. The fourth-order valence-corrected chi connectivity index (χ4v) is 2.44. The van der Waals surface area contributed by atoms with E-state index in [4.69, 9.17) is 4.74 Å². The van der Waals surface area contributed by atoms with E-state index in [9.17, 15) is 19.8 Å². The van der Waals surface area contributed by atoms with Crippen molar-refractivity contribution in [3.05, 3.63) is 47.1 Å². The maximum absolute atomic E-state index is 11.4. The van der Waals surface area contributed by atoms with Crippen LogP contribution in [0, 0.1) is 6.92 Å². The molecular weight excluding hydrogens is 312 g/mol. The van der Waals surface area contributed by atoms with E-state index < -0.39 is 12.1 Å². The molecule has 0 aliphatic carbocycles. The molecule has 0 fully saturated rings. The number of fused-ring (bicyclic) bond motifs is 1. The highest BCUT2D eigenvalue weighted by atomic mass is 16.5. The van der Waals surface area contributed by atoms with Crippen LogP contribution >= 0.6 is 0 Å². The van der Waals surface area contributed by atoms with E-state index in [-0.39, 0.29) is 11.3 Å². The van der Waals surface area contributed by atoms with Gasteiger partial charge in [-0.2, -0.15) is 0 Å². The van der Waals surface area contributed by atoms with E-state index in [0.717, 1.165) is 6.42 Å². The van der Waals surface area contributed by atoms with E-state index in [1.807, 2.05) is 0 Å². The quantitative estimate of drug-likeness (QED) is 0.424. The van der Waals surface area contributed by atoms with Crippen LogP contribution < -0.4 is 10.9 Å². The minimum absolute atomic E-state index is 0.0356. The molecule has 1 atom stereocenters. The summed E-state index contributed by atoms with van der Waals surface area (Å²) < 4.78 is 4.73. The van der Waals surface area contributed by atoms with Gasteiger partial charge in [0.05, 0.1) is 25.2 Å². The predicted molar refractivity (Wildman–Crippen MR) is 89.6 cm³/mol. The van der Waals surface area contributed by atoms with Gasteiger partial charge >= 0.3 is 5.97 Å². The highest BCUT2D eigenvalue weighted by Gasteiger charge is 2.13. The number of nitrogens with one attached hydrogen (secondary N) is 2. The summed E-state index contributed by atoms with van der Waals surface area (Å²) in [5.74, 6) is -0.567. The molecule has 0 aliphatic heterocycles. The van der Waals surface area contributed by atoms with Crippen LogP contribution in [0.15, 0.2) is 29.1 Å². The largest absolute Gasteiger partial charge is 0.506 e. The number of H-pyrrole nitrogens is 1. The lowest BCUT2D eigenvalue weighted by atomic mass is 10.0. The third kappa shape index (κ3) is 4.81. The van der Waals surface area contributed by atoms with Gasteiger partial charge in [-0.1, -0.05) is 6.07 Å². The number of aliphatic hydroxyl groups excluding tert-OH is 1.